The minimum atomic E-state index is 0.267. The highest BCUT2D eigenvalue weighted by atomic mass is 16.5. The molecule has 124 valence electrons. The predicted molar refractivity (Wildman–Crippen MR) is 90.6 cm³/mol. The summed E-state index contributed by atoms with van der Waals surface area (Å²) in [6, 6.07) is 4.68. The van der Waals surface area contributed by atoms with Gasteiger partial charge in [0, 0.05) is 31.7 Å². The van der Waals surface area contributed by atoms with Crippen molar-refractivity contribution in [1.29, 1.82) is 0 Å². The van der Waals surface area contributed by atoms with Gasteiger partial charge in [-0.25, -0.2) is 4.98 Å². The van der Waals surface area contributed by atoms with E-state index >= 15 is 0 Å². The van der Waals surface area contributed by atoms with Gasteiger partial charge in [-0.3, -0.25) is 0 Å². The van der Waals surface area contributed by atoms with Crippen LogP contribution < -0.4 is 10.2 Å². The first-order valence-electron chi connectivity index (χ1n) is 8.50. The van der Waals surface area contributed by atoms with Gasteiger partial charge in [0.25, 0.3) is 0 Å². The number of hydrogen-bond donors (Lipinski definition) is 1. The van der Waals surface area contributed by atoms with E-state index in [0.717, 1.165) is 30.3 Å². The Hall–Kier alpha value is -2.11. The fourth-order valence-corrected chi connectivity index (χ4v) is 2.73. The molecule has 0 atom stereocenters. The molecule has 0 saturated carbocycles. The molecule has 0 radical (unpaired) electrons. The van der Waals surface area contributed by atoms with E-state index in [-0.39, 0.29) is 5.92 Å². The second-order valence-electron chi connectivity index (χ2n) is 6.39. The van der Waals surface area contributed by atoms with Gasteiger partial charge in [-0.05, 0) is 24.5 Å². The molecule has 0 aromatic carbocycles. The van der Waals surface area contributed by atoms with Crippen molar-refractivity contribution in [3.63, 3.8) is 0 Å². The van der Waals surface area contributed by atoms with E-state index < -0.39 is 0 Å². The highest BCUT2D eigenvalue weighted by molar-refractivity contribution is 5.40. The van der Waals surface area contributed by atoms with Crippen molar-refractivity contribution in [3.8, 4) is 0 Å². The third kappa shape index (κ3) is 4.21. The zero-order valence-electron chi connectivity index (χ0n) is 14.0. The highest BCUT2D eigenvalue weighted by Gasteiger charge is 2.11. The molecular weight excluding hydrogens is 290 g/mol. The van der Waals surface area contributed by atoms with Crippen molar-refractivity contribution in [2.45, 2.75) is 52.0 Å². The third-order valence-corrected chi connectivity index (χ3v) is 4.14. The maximum absolute atomic E-state index is 5.18. The first-order chi connectivity index (χ1) is 11.2. The first kappa shape index (κ1) is 15.8. The van der Waals surface area contributed by atoms with Crippen LogP contribution in [0.4, 0.5) is 11.8 Å². The normalized spacial score (nSPS) is 15.7. The highest BCUT2D eigenvalue weighted by Crippen LogP contribution is 2.18. The van der Waals surface area contributed by atoms with E-state index in [4.69, 9.17) is 4.52 Å². The minimum absolute atomic E-state index is 0.267. The molecule has 1 saturated heterocycles. The van der Waals surface area contributed by atoms with Crippen molar-refractivity contribution < 1.29 is 4.52 Å². The summed E-state index contributed by atoms with van der Waals surface area (Å²) in [5.41, 5.74) is 1.10. The molecule has 0 aliphatic carbocycles. The molecule has 0 unspecified atom stereocenters. The van der Waals surface area contributed by atoms with Crippen molar-refractivity contribution in [1.82, 2.24) is 15.1 Å². The first-order valence-corrected chi connectivity index (χ1v) is 8.50. The van der Waals surface area contributed by atoms with Gasteiger partial charge in [-0.2, -0.15) is 4.98 Å². The SMILES string of the molecule is CC(C)c1noc(NCc2ccc(N3CCCCCC3)nc2)n1. The Morgan fingerprint density at radius 2 is 1.96 bits per heavy atom. The molecule has 2 aromatic heterocycles. The van der Waals surface area contributed by atoms with Crippen LogP contribution in [0.2, 0.25) is 0 Å². The number of nitrogens with zero attached hydrogens (tertiary/aromatic N) is 4. The van der Waals surface area contributed by atoms with Gasteiger partial charge in [-0.15, -0.1) is 0 Å². The van der Waals surface area contributed by atoms with E-state index in [1.165, 1.54) is 25.7 Å². The molecule has 1 aliphatic rings. The smallest absolute Gasteiger partial charge is 0.321 e. The topological polar surface area (TPSA) is 67.1 Å². The van der Waals surface area contributed by atoms with E-state index in [1.807, 2.05) is 20.0 Å². The predicted octanol–water partition coefficient (Wildman–Crippen LogP) is 3.58. The van der Waals surface area contributed by atoms with E-state index in [1.54, 1.807) is 0 Å². The summed E-state index contributed by atoms with van der Waals surface area (Å²) in [5.74, 6) is 2.07. The maximum atomic E-state index is 5.18. The summed E-state index contributed by atoms with van der Waals surface area (Å²) < 4.78 is 5.18. The molecule has 0 amide bonds. The maximum Gasteiger partial charge on any atom is 0.321 e. The van der Waals surface area contributed by atoms with Crippen molar-refractivity contribution in [2.24, 2.45) is 0 Å². The minimum Gasteiger partial charge on any atom is -0.357 e. The lowest BCUT2D eigenvalue weighted by molar-refractivity contribution is 0.419. The van der Waals surface area contributed by atoms with Crippen LogP contribution in [0, 0.1) is 0 Å². The summed E-state index contributed by atoms with van der Waals surface area (Å²) in [6.45, 7) is 6.95. The molecule has 6 nitrogen and oxygen atoms in total. The van der Waals surface area contributed by atoms with Crippen molar-refractivity contribution >= 4 is 11.8 Å². The van der Waals surface area contributed by atoms with Crippen LogP contribution >= 0.6 is 0 Å². The zero-order chi connectivity index (χ0) is 16.1. The van der Waals surface area contributed by atoms with Crippen LogP contribution in [0.1, 0.15) is 56.8 Å². The van der Waals surface area contributed by atoms with Crippen molar-refractivity contribution in [2.75, 3.05) is 23.3 Å². The second-order valence-corrected chi connectivity index (χ2v) is 6.39. The fourth-order valence-electron chi connectivity index (χ4n) is 2.73. The number of hydrogen-bond acceptors (Lipinski definition) is 6. The lowest BCUT2D eigenvalue weighted by atomic mass is 10.2. The van der Waals surface area contributed by atoms with Gasteiger partial charge in [0.2, 0.25) is 0 Å². The number of rotatable bonds is 5. The van der Waals surface area contributed by atoms with Crippen molar-refractivity contribution in [3.05, 3.63) is 29.7 Å². The van der Waals surface area contributed by atoms with Crippen LogP contribution in [0.5, 0.6) is 0 Å². The lowest BCUT2D eigenvalue weighted by Crippen LogP contribution is -2.24. The molecule has 3 rings (SSSR count). The fraction of sp³-hybridized carbons (Fsp3) is 0.588. The van der Waals surface area contributed by atoms with Gasteiger partial charge < -0.3 is 14.7 Å². The summed E-state index contributed by atoms with van der Waals surface area (Å²) in [7, 11) is 0. The molecule has 3 heterocycles. The number of aromatic nitrogens is 3. The average molecular weight is 315 g/mol. The molecule has 6 heteroatoms. The molecule has 23 heavy (non-hydrogen) atoms. The Bertz CT molecular complexity index is 600. The summed E-state index contributed by atoms with van der Waals surface area (Å²) in [5, 5.41) is 7.09. The molecule has 0 spiro atoms. The van der Waals surface area contributed by atoms with Gasteiger partial charge in [0.05, 0.1) is 0 Å². The molecule has 1 fully saturated rings. The quantitative estimate of drug-likeness (QED) is 0.909. The molecule has 2 aromatic rings. The number of nitrogens with one attached hydrogen (secondary N) is 1. The summed E-state index contributed by atoms with van der Waals surface area (Å²) in [4.78, 5) is 11.3. The van der Waals surface area contributed by atoms with Gasteiger partial charge in [0.1, 0.15) is 5.82 Å². The van der Waals surface area contributed by atoms with Crippen LogP contribution in [0.25, 0.3) is 0 Å². The lowest BCUT2D eigenvalue weighted by Gasteiger charge is -2.21. The Morgan fingerprint density at radius 1 is 1.17 bits per heavy atom. The van der Waals surface area contributed by atoms with Crippen LogP contribution in [0.15, 0.2) is 22.9 Å². The second kappa shape index (κ2) is 7.44. The standard InChI is InChI=1S/C17H25N5O/c1-13(2)16-20-17(23-21-16)19-12-14-7-8-15(18-11-14)22-9-5-3-4-6-10-22/h7-8,11,13H,3-6,9-10,12H2,1-2H3,(H,19,20,21). The molecule has 0 bridgehead atoms. The number of anilines is 2. The average Bonchev–Trinajstić information content (AvgIpc) is 2.88. The van der Waals surface area contributed by atoms with Gasteiger partial charge >= 0.3 is 6.01 Å². The van der Waals surface area contributed by atoms with Crippen LogP contribution in [0.3, 0.4) is 0 Å². The number of pyridine rings is 1. The van der Waals surface area contributed by atoms with Crippen LogP contribution in [-0.2, 0) is 6.54 Å². The Balaban J connectivity index is 1.56. The third-order valence-electron chi connectivity index (χ3n) is 4.14. The summed E-state index contributed by atoms with van der Waals surface area (Å²) in [6.07, 6.45) is 7.12. The zero-order valence-corrected chi connectivity index (χ0v) is 14.0. The Morgan fingerprint density at radius 3 is 2.57 bits per heavy atom. The summed E-state index contributed by atoms with van der Waals surface area (Å²) >= 11 is 0. The Labute approximate surface area is 137 Å². The van der Waals surface area contributed by atoms with Gasteiger partial charge in [-0.1, -0.05) is 37.9 Å². The monoisotopic (exact) mass is 315 g/mol. The molecule has 1 aliphatic heterocycles. The van der Waals surface area contributed by atoms with Gasteiger partial charge in [0.15, 0.2) is 5.82 Å². The van der Waals surface area contributed by atoms with Crippen LogP contribution in [-0.4, -0.2) is 28.2 Å². The molecule has 1 N–H and O–H groups in total. The van der Waals surface area contributed by atoms with E-state index in [9.17, 15) is 0 Å². The largest absolute Gasteiger partial charge is 0.357 e. The Kier molecular flexibility index (Phi) is 5.10. The van der Waals surface area contributed by atoms with E-state index in [0.29, 0.717) is 12.6 Å². The molecular formula is C17H25N5O. The van der Waals surface area contributed by atoms with E-state index in [2.05, 4.69) is 37.5 Å².